The topological polar surface area (TPSA) is 76.1 Å². The third-order valence-corrected chi connectivity index (χ3v) is 7.34. The van der Waals surface area contributed by atoms with Crippen LogP contribution in [0.4, 0.5) is 5.13 Å². The Morgan fingerprint density at radius 2 is 1.92 bits per heavy atom. The van der Waals surface area contributed by atoms with Gasteiger partial charge in [0.1, 0.15) is 5.41 Å². The lowest BCUT2D eigenvalue weighted by Gasteiger charge is -2.27. The Morgan fingerprint density at radius 1 is 1.23 bits per heavy atom. The molecular formula is C17H15ClN2O3S3. The molecule has 0 spiro atoms. The third kappa shape index (κ3) is 3.68. The maximum Gasteiger partial charge on any atom is 0.241 e. The molecule has 1 atom stereocenters. The smallest absolute Gasteiger partial charge is 0.241 e. The SMILES string of the molecule is CC(C(=O)Nc1nccs1)(c1ccc(S(C)(=O)=O)cc1)c1cc(Cl)cs1. The van der Waals surface area contributed by atoms with Gasteiger partial charge in [0.05, 0.1) is 9.92 Å². The summed E-state index contributed by atoms with van der Waals surface area (Å²) in [4.78, 5) is 18.2. The Bertz CT molecular complexity index is 1030. The summed E-state index contributed by atoms with van der Waals surface area (Å²) in [7, 11) is -3.31. The van der Waals surface area contributed by atoms with E-state index in [1.165, 1.54) is 34.8 Å². The largest absolute Gasteiger partial charge is 0.301 e. The van der Waals surface area contributed by atoms with Gasteiger partial charge in [-0.05, 0) is 30.7 Å². The molecule has 1 aromatic carbocycles. The van der Waals surface area contributed by atoms with Crippen molar-refractivity contribution in [3.63, 3.8) is 0 Å². The van der Waals surface area contributed by atoms with Crippen molar-refractivity contribution in [1.29, 1.82) is 0 Å². The summed E-state index contributed by atoms with van der Waals surface area (Å²) >= 11 is 8.77. The van der Waals surface area contributed by atoms with E-state index in [1.807, 2.05) is 0 Å². The van der Waals surface area contributed by atoms with Crippen molar-refractivity contribution in [1.82, 2.24) is 4.98 Å². The zero-order valence-electron chi connectivity index (χ0n) is 13.9. The molecule has 3 aromatic rings. The molecule has 0 saturated heterocycles. The van der Waals surface area contributed by atoms with Crippen molar-refractivity contribution in [3.8, 4) is 0 Å². The molecule has 5 nitrogen and oxygen atoms in total. The number of hydrogen-bond donors (Lipinski definition) is 1. The van der Waals surface area contributed by atoms with Gasteiger partial charge in [-0.3, -0.25) is 4.79 Å². The molecule has 0 fully saturated rings. The minimum atomic E-state index is -3.31. The molecule has 1 unspecified atom stereocenters. The Kier molecular flexibility index (Phi) is 5.21. The van der Waals surface area contributed by atoms with Crippen molar-refractivity contribution < 1.29 is 13.2 Å². The maximum atomic E-state index is 13.1. The van der Waals surface area contributed by atoms with Crippen LogP contribution in [0.25, 0.3) is 0 Å². The molecule has 136 valence electrons. The van der Waals surface area contributed by atoms with Crippen molar-refractivity contribution in [2.24, 2.45) is 0 Å². The number of nitrogens with one attached hydrogen (secondary N) is 1. The predicted molar refractivity (Wildman–Crippen MR) is 106 cm³/mol. The van der Waals surface area contributed by atoms with E-state index in [2.05, 4.69) is 10.3 Å². The second-order valence-corrected chi connectivity index (χ2v) is 10.1. The fourth-order valence-corrected chi connectivity index (χ4v) is 4.91. The number of thiophene rings is 1. The molecule has 0 aliphatic carbocycles. The molecule has 26 heavy (non-hydrogen) atoms. The van der Waals surface area contributed by atoms with Gasteiger partial charge in [0, 0.05) is 28.1 Å². The lowest BCUT2D eigenvalue weighted by Crippen LogP contribution is -2.38. The molecule has 0 bridgehead atoms. The first kappa shape index (κ1) is 19.0. The molecule has 2 aromatic heterocycles. The van der Waals surface area contributed by atoms with E-state index in [-0.39, 0.29) is 10.8 Å². The van der Waals surface area contributed by atoms with Crippen LogP contribution in [0, 0.1) is 0 Å². The number of nitrogens with zero attached hydrogens (tertiary/aromatic N) is 1. The van der Waals surface area contributed by atoms with E-state index >= 15 is 0 Å². The van der Waals surface area contributed by atoms with Gasteiger partial charge in [-0.1, -0.05) is 23.7 Å². The van der Waals surface area contributed by atoms with Crippen LogP contribution in [-0.4, -0.2) is 25.6 Å². The average molecular weight is 427 g/mol. The fraction of sp³-hybridized carbons (Fsp3) is 0.176. The lowest BCUT2D eigenvalue weighted by atomic mass is 9.80. The highest BCUT2D eigenvalue weighted by Crippen LogP contribution is 2.38. The second kappa shape index (κ2) is 7.11. The van der Waals surface area contributed by atoms with E-state index in [0.717, 1.165) is 11.1 Å². The molecule has 0 saturated carbocycles. The Morgan fingerprint density at radius 3 is 2.42 bits per heavy atom. The zero-order valence-corrected chi connectivity index (χ0v) is 17.1. The molecule has 3 rings (SSSR count). The van der Waals surface area contributed by atoms with Crippen LogP contribution in [0.5, 0.6) is 0 Å². The first-order chi connectivity index (χ1) is 12.2. The summed E-state index contributed by atoms with van der Waals surface area (Å²) in [6.45, 7) is 1.79. The van der Waals surface area contributed by atoms with Crippen LogP contribution in [0.15, 0.2) is 52.2 Å². The highest BCUT2D eigenvalue weighted by molar-refractivity contribution is 7.90. The van der Waals surface area contributed by atoms with E-state index in [4.69, 9.17) is 11.6 Å². The van der Waals surface area contributed by atoms with Crippen molar-refractivity contribution in [2.45, 2.75) is 17.2 Å². The quantitative estimate of drug-likeness (QED) is 0.663. The van der Waals surface area contributed by atoms with Crippen molar-refractivity contribution in [3.05, 3.63) is 62.8 Å². The minimum absolute atomic E-state index is 0.202. The van der Waals surface area contributed by atoms with Gasteiger partial charge in [0.15, 0.2) is 15.0 Å². The third-order valence-electron chi connectivity index (χ3n) is 4.03. The fourth-order valence-electron chi connectivity index (χ4n) is 2.50. The Balaban J connectivity index is 2.07. The summed E-state index contributed by atoms with van der Waals surface area (Å²) in [5.41, 5.74) is -0.378. The lowest BCUT2D eigenvalue weighted by molar-refractivity contribution is -0.119. The van der Waals surface area contributed by atoms with E-state index in [0.29, 0.717) is 15.7 Å². The van der Waals surface area contributed by atoms with Gasteiger partial charge in [-0.15, -0.1) is 22.7 Å². The Hall–Kier alpha value is -1.74. The highest BCUT2D eigenvalue weighted by Gasteiger charge is 2.39. The number of amides is 1. The van der Waals surface area contributed by atoms with E-state index < -0.39 is 15.3 Å². The second-order valence-electron chi connectivity index (χ2n) is 5.84. The number of aromatic nitrogens is 1. The number of benzene rings is 1. The van der Waals surface area contributed by atoms with Crippen LogP contribution in [0.3, 0.4) is 0 Å². The van der Waals surface area contributed by atoms with Gasteiger partial charge in [0.2, 0.25) is 5.91 Å². The monoisotopic (exact) mass is 426 g/mol. The number of hydrogen-bond acceptors (Lipinski definition) is 6. The van der Waals surface area contributed by atoms with Crippen LogP contribution in [0.1, 0.15) is 17.4 Å². The summed E-state index contributed by atoms with van der Waals surface area (Å²) in [5, 5.41) is 7.41. The van der Waals surface area contributed by atoms with Crippen LogP contribution in [0.2, 0.25) is 5.02 Å². The Labute approximate surface area is 164 Å². The summed E-state index contributed by atoms with van der Waals surface area (Å²) in [6.07, 6.45) is 2.76. The maximum absolute atomic E-state index is 13.1. The minimum Gasteiger partial charge on any atom is -0.301 e. The number of carbonyl (C=O) groups is 1. The molecule has 2 heterocycles. The standard InChI is InChI=1S/C17H15ClN2O3S3/c1-17(14-9-12(18)10-25-14,15(21)20-16-19-7-8-24-16)11-3-5-13(6-4-11)26(2,22)23/h3-10H,1-2H3,(H,19,20,21). The predicted octanol–water partition coefficient (Wildman–Crippen LogP) is 4.21. The van der Waals surface area contributed by atoms with E-state index in [1.54, 1.807) is 42.1 Å². The zero-order chi connectivity index (χ0) is 18.9. The summed E-state index contributed by atoms with van der Waals surface area (Å²) in [5.74, 6) is -0.266. The number of anilines is 1. The summed E-state index contributed by atoms with van der Waals surface area (Å²) < 4.78 is 23.4. The van der Waals surface area contributed by atoms with Gasteiger partial charge < -0.3 is 5.32 Å². The molecule has 1 N–H and O–H groups in total. The molecule has 1 amide bonds. The number of rotatable bonds is 5. The number of thiazole rings is 1. The van der Waals surface area contributed by atoms with Crippen LogP contribution in [-0.2, 0) is 20.0 Å². The number of sulfone groups is 1. The molecule has 0 radical (unpaired) electrons. The molecule has 0 aliphatic heterocycles. The number of carbonyl (C=O) groups excluding carboxylic acids is 1. The molecule has 9 heteroatoms. The first-order valence-corrected chi connectivity index (χ1v) is 11.5. The molecular weight excluding hydrogens is 412 g/mol. The highest BCUT2D eigenvalue weighted by atomic mass is 35.5. The van der Waals surface area contributed by atoms with Crippen LogP contribution >= 0.6 is 34.3 Å². The normalized spacial score (nSPS) is 14.0. The summed E-state index contributed by atoms with van der Waals surface area (Å²) in [6, 6.07) is 8.08. The van der Waals surface area contributed by atoms with Gasteiger partial charge >= 0.3 is 0 Å². The van der Waals surface area contributed by atoms with Gasteiger partial charge in [-0.2, -0.15) is 0 Å². The van der Waals surface area contributed by atoms with Crippen LogP contribution < -0.4 is 5.32 Å². The van der Waals surface area contributed by atoms with Crippen molar-refractivity contribution >= 4 is 55.2 Å². The van der Waals surface area contributed by atoms with Gasteiger partial charge in [-0.25, -0.2) is 13.4 Å². The first-order valence-electron chi connectivity index (χ1n) is 7.47. The van der Waals surface area contributed by atoms with Gasteiger partial charge in [0.25, 0.3) is 0 Å². The number of halogens is 1. The molecule has 0 aliphatic rings. The van der Waals surface area contributed by atoms with E-state index in [9.17, 15) is 13.2 Å². The van der Waals surface area contributed by atoms with Crippen molar-refractivity contribution in [2.75, 3.05) is 11.6 Å². The average Bonchev–Trinajstić information content (AvgIpc) is 3.25.